The van der Waals surface area contributed by atoms with E-state index in [0.29, 0.717) is 13.2 Å². The Labute approximate surface area is 126 Å². The van der Waals surface area contributed by atoms with Crippen LogP contribution in [-0.2, 0) is 12.8 Å². The maximum absolute atomic E-state index is 6.14. The van der Waals surface area contributed by atoms with E-state index in [2.05, 4.69) is 44.2 Å². The van der Waals surface area contributed by atoms with Gasteiger partial charge in [-0.15, -0.1) is 0 Å². The van der Waals surface area contributed by atoms with E-state index >= 15 is 0 Å². The van der Waals surface area contributed by atoms with Gasteiger partial charge in [-0.05, 0) is 43.9 Å². The molecule has 1 aliphatic rings. The highest BCUT2D eigenvalue weighted by atomic mass is 16.5. The first-order valence-electron chi connectivity index (χ1n) is 7.58. The Kier molecular flexibility index (Phi) is 3.73. The van der Waals surface area contributed by atoms with Gasteiger partial charge < -0.3 is 10.5 Å². The highest BCUT2D eigenvalue weighted by Gasteiger charge is 2.34. The van der Waals surface area contributed by atoms with Crippen molar-refractivity contribution in [2.75, 3.05) is 13.2 Å². The molecule has 1 atom stereocenters. The van der Waals surface area contributed by atoms with Crippen LogP contribution in [0, 0.1) is 19.3 Å². The van der Waals surface area contributed by atoms with Gasteiger partial charge in [0.25, 0.3) is 0 Å². The van der Waals surface area contributed by atoms with Crippen molar-refractivity contribution >= 4 is 0 Å². The van der Waals surface area contributed by atoms with E-state index in [1.807, 2.05) is 12.1 Å². The summed E-state index contributed by atoms with van der Waals surface area (Å²) in [6.07, 6.45) is 1.97. The van der Waals surface area contributed by atoms with Crippen molar-refractivity contribution in [2.45, 2.75) is 26.7 Å². The number of hydrogen-bond acceptors (Lipinski definition) is 2. The highest BCUT2D eigenvalue weighted by Crippen LogP contribution is 2.36. The summed E-state index contributed by atoms with van der Waals surface area (Å²) in [6, 6.07) is 15.1. The zero-order chi connectivity index (χ0) is 14.9. The average molecular weight is 281 g/mol. The third-order valence-corrected chi connectivity index (χ3v) is 4.37. The molecule has 1 aliphatic heterocycles. The summed E-state index contributed by atoms with van der Waals surface area (Å²) in [7, 11) is 0. The first-order valence-corrected chi connectivity index (χ1v) is 7.58. The van der Waals surface area contributed by atoms with E-state index in [-0.39, 0.29) is 5.41 Å². The predicted molar refractivity (Wildman–Crippen MR) is 86.7 cm³/mol. The molecular formula is C19H23NO. The van der Waals surface area contributed by atoms with Crippen LogP contribution >= 0.6 is 0 Å². The number of para-hydroxylation sites is 1. The van der Waals surface area contributed by atoms with Crippen molar-refractivity contribution < 1.29 is 4.74 Å². The van der Waals surface area contributed by atoms with Gasteiger partial charge >= 0.3 is 0 Å². The van der Waals surface area contributed by atoms with Crippen molar-refractivity contribution in [1.82, 2.24) is 0 Å². The zero-order valence-corrected chi connectivity index (χ0v) is 12.9. The molecule has 0 saturated heterocycles. The van der Waals surface area contributed by atoms with Crippen molar-refractivity contribution in [3.05, 3.63) is 64.7 Å². The Morgan fingerprint density at radius 3 is 2.52 bits per heavy atom. The average Bonchev–Trinajstić information content (AvgIpc) is 2.46. The molecule has 2 N–H and O–H groups in total. The van der Waals surface area contributed by atoms with Gasteiger partial charge in [-0.3, -0.25) is 0 Å². The molecular weight excluding hydrogens is 258 g/mol. The molecule has 0 saturated carbocycles. The smallest absolute Gasteiger partial charge is 0.122 e. The summed E-state index contributed by atoms with van der Waals surface area (Å²) in [4.78, 5) is 0. The lowest BCUT2D eigenvalue weighted by atomic mass is 9.75. The summed E-state index contributed by atoms with van der Waals surface area (Å²) >= 11 is 0. The van der Waals surface area contributed by atoms with Gasteiger partial charge in [0.05, 0.1) is 6.61 Å². The summed E-state index contributed by atoms with van der Waals surface area (Å²) in [5.74, 6) is 1.02. The second kappa shape index (κ2) is 5.53. The molecule has 0 aliphatic carbocycles. The molecule has 0 radical (unpaired) electrons. The van der Waals surface area contributed by atoms with Crippen LogP contribution in [0.4, 0.5) is 0 Å². The highest BCUT2D eigenvalue weighted by molar-refractivity contribution is 5.37. The van der Waals surface area contributed by atoms with E-state index < -0.39 is 0 Å². The third kappa shape index (κ3) is 2.96. The Bertz CT molecular complexity index is 630. The molecule has 3 rings (SSSR count). The molecule has 0 amide bonds. The van der Waals surface area contributed by atoms with E-state index in [1.54, 1.807) is 0 Å². The topological polar surface area (TPSA) is 35.2 Å². The molecule has 0 spiro atoms. The van der Waals surface area contributed by atoms with Crippen LogP contribution in [0.1, 0.15) is 22.3 Å². The second-order valence-corrected chi connectivity index (χ2v) is 6.45. The van der Waals surface area contributed by atoms with Crippen LogP contribution < -0.4 is 10.5 Å². The lowest BCUT2D eigenvalue weighted by Gasteiger charge is -2.37. The minimum Gasteiger partial charge on any atom is -0.493 e. The number of nitrogens with two attached hydrogens (primary N) is 1. The first-order chi connectivity index (χ1) is 10.1. The van der Waals surface area contributed by atoms with E-state index in [9.17, 15) is 0 Å². The van der Waals surface area contributed by atoms with E-state index in [1.165, 1.54) is 22.3 Å². The molecule has 1 heterocycles. The third-order valence-electron chi connectivity index (χ3n) is 4.37. The fourth-order valence-corrected chi connectivity index (χ4v) is 3.40. The zero-order valence-electron chi connectivity index (χ0n) is 12.9. The molecule has 2 aromatic carbocycles. The normalized spacial score (nSPS) is 20.7. The van der Waals surface area contributed by atoms with Crippen LogP contribution in [0.2, 0.25) is 0 Å². The Morgan fingerprint density at radius 2 is 1.81 bits per heavy atom. The standard InChI is InChI=1S/C19H23NO/c1-14-7-15(2)9-16(8-14)10-19(12-20)11-17-5-3-4-6-18(17)21-13-19/h3-9H,10-13,20H2,1-2H3. The number of ether oxygens (including phenoxy) is 1. The summed E-state index contributed by atoms with van der Waals surface area (Å²) < 4.78 is 5.98. The van der Waals surface area contributed by atoms with Crippen LogP contribution in [0.3, 0.4) is 0 Å². The van der Waals surface area contributed by atoms with E-state index in [0.717, 1.165) is 18.6 Å². The molecule has 110 valence electrons. The summed E-state index contributed by atoms with van der Waals surface area (Å²) in [5, 5.41) is 0. The lowest BCUT2D eigenvalue weighted by Crippen LogP contribution is -2.43. The van der Waals surface area contributed by atoms with Crippen LogP contribution in [0.25, 0.3) is 0 Å². The quantitative estimate of drug-likeness (QED) is 0.935. The molecule has 2 nitrogen and oxygen atoms in total. The summed E-state index contributed by atoms with van der Waals surface area (Å²) in [5.41, 5.74) is 11.4. The van der Waals surface area contributed by atoms with Crippen LogP contribution in [-0.4, -0.2) is 13.2 Å². The van der Waals surface area contributed by atoms with Crippen molar-refractivity contribution in [1.29, 1.82) is 0 Å². The van der Waals surface area contributed by atoms with Crippen molar-refractivity contribution in [3.63, 3.8) is 0 Å². The van der Waals surface area contributed by atoms with Gasteiger partial charge in [0.15, 0.2) is 0 Å². The maximum Gasteiger partial charge on any atom is 0.122 e. The molecule has 0 aromatic heterocycles. The number of aryl methyl sites for hydroxylation is 2. The fraction of sp³-hybridized carbons (Fsp3) is 0.368. The Morgan fingerprint density at radius 1 is 1.10 bits per heavy atom. The van der Waals surface area contributed by atoms with Gasteiger partial charge in [0, 0.05) is 12.0 Å². The molecule has 0 fully saturated rings. The van der Waals surface area contributed by atoms with Gasteiger partial charge in [-0.25, -0.2) is 0 Å². The number of hydrogen-bond donors (Lipinski definition) is 1. The van der Waals surface area contributed by atoms with Gasteiger partial charge in [0.2, 0.25) is 0 Å². The van der Waals surface area contributed by atoms with Crippen LogP contribution in [0.5, 0.6) is 5.75 Å². The number of benzene rings is 2. The number of rotatable bonds is 3. The molecule has 2 aromatic rings. The molecule has 21 heavy (non-hydrogen) atoms. The minimum absolute atomic E-state index is 0.00852. The fourth-order valence-electron chi connectivity index (χ4n) is 3.40. The largest absolute Gasteiger partial charge is 0.493 e. The maximum atomic E-state index is 6.14. The van der Waals surface area contributed by atoms with Crippen molar-refractivity contribution in [2.24, 2.45) is 11.1 Å². The van der Waals surface area contributed by atoms with E-state index in [4.69, 9.17) is 10.5 Å². The minimum atomic E-state index is 0.00852. The van der Waals surface area contributed by atoms with Gasteiger partial charge in [0.1, 0.15) is 5.75 Å². The monoisotopic (exact) mass is 281 g/mol. The van der Waals surface area contributed by atoms with Crippen molar-refractivity contribution in [3.8, 4) is 5.75 Å². The predicted octanol–water partition coefficient (Wildman–Crippen LogP) is 3.43. The SMILES string of the molecule is Cc1cc(C)cc(CC2(CN)COc3ccccc3C2)c1. The Balaban J connectivity index is 1.88. The Hall–Kier alpha value is -1.80. The van der Waals surface area contributed by atoms with Gasteiger partial charge in [-0.1, -0.05) is 47.5 Å². The lowest BCUT2D eigenvalue weighted by molar-refractivity contribution is 0.126. The molecule has 2 heteroatoms. The van der Waals surface area contributed by atoms with Gasteiger partial charge in [-0.2, -0.15) is 0 Å². The first kappa shape index (κ1) is 14.2. The molecule has 1 unspecified atom stereocenters. The number of fused-ring (bicyclic) bond motifs is 1. The summed E-state index contributed by atoms with van der Waals surface area (Å²) in [6.45, 7) is 5.65. The van der Waals surface area contributed by atoms with Crippen LogP contribution in [0.15, 0.2) is 42.5 Å². The second-order valence-electron chi connectivity index (χ2n) is 6.45. The molecule has 0 bridgehead atoms.